The summed E-state index contributed by atoms with van der Waals surface area (Å²) in [6, 6.07) is 7.64. The summed E-state index contributed by atoms with van der Waals surface area (Å²) in [6.07, 6.45) is 3.86. The second kappa shape index (κ2) is 12.9. The van der Waals surface area contributed by atoms with Gasteiger partial charge < -0.3 is 20.3 Å². The van der Waals surface area contributed by atoms with Crippen LogP contribution in [0.25, 0.3) is 0 Å². The smallest absolute Gasteiger partial charge is 0.325 e. The Morgan fingerprint density at radius 1 is 0.963 bits per heavy atom. The molecular weight excluding hydrogens is 346 g/mol. The quantitative estimate of drug-likeness (QED) is 0.428. The zero-order valence-corrected chi connectivity index (χ0v) is 16.5. The van der Waals surface area contributed by atoms with E-state index < -0.39 is 5.97 Å². The number of ether oxygens (including phenoxy) is 1. The lowest BCUT2D eigenvalue weighted by atomic mass is 10.1. The Kier molecular flexibility index (Phi) is 10.8. The van der Waals surface area contributed by atoms with Crippen molar-refractivity contribution in [3.05, 3.63) is 35.4 Å². The Morgan fingerprint density at radius 3 is 2.26 bits per heavy atom. The van der Waals surface area contributed by atoms with Gasteiger partial charge in [0.1, 0.15) is 6.54 Å². The number of hydrogen-bond acceptors (Lipinski definition) is 5. The van der Waals surface area contributed by atoms with E-state index in [2.05, 4.69) is 20.3 Å². The fourth-order valence-corrected chi connectivity index (χ4v) is 2.53. The van der Waals surface area contributed by atoms with Gasteiger partial charge in [0.05, 0.1) is 7.11 Å². The predicted molar refractivity (Wildman–Crippen MR) is 104 cm³/mol. The molecule has 0 aliphatic heterocycles. The summed E-state index contributed by atoms with van der Waals surface area (Å²) in [6.45, 7) is 1.38. The fourth-order valence-electron chi connectivity index (χ4n) is 2.53. The lowest BCUT2D eigenvalue weighted by Crippen LogP contribution is -2.29. The van der Waals surface area contributed by atoms with E-state index in [4.69, 9.17) is 0 Å². The van der Waals surface area contributed by atoms with Crippen molar-refractivity contribution >= 4 is 17.8 Å². The van der Waals surface area contributed by atoms with E-state index in [9.17, 15) is 14.4 Å². The SMILES string of the molecule is COC(=O)CNC(=O)CCCCCCNC(=O)c1ccc(CN(C)C)cc1. The summed E-state index contributed by atoms with van der Waals surface area (Å²) >= 11 is 0. The van der Waals surface area contributed by atoms with Crippen LogP contribution in [0.4, 0.5) is 0 Å². The van der Waals surface area contributed by atoms with Crippen LogP contribution in [-0.2, 0) is 20.9 Å². The van der Waals surface area contributed by atoms with Gasteiger partial charge >= 0.3 is 5.97 Å². The molecule has 7 heteroatoms. The first-order valence-corrected chi connectivity index (χ1v) is 9.27. The van der Waals surface area contributed by atoms with Gasteiger partial charge in [0.2, 0.25) is 5.91 Å². The minimum atomic E-state index is -0.452. The highest BCUT2D eigenvalue weighted by Crippen LogP contribution is 2.07. The highest BCUT2D eigenvalue weighted by molar-refractivity contribution is 5.94. The van der Waals surface area contributed by atoms with Gasteiger partial charge in [-0.3, -0.25) is 14.4 Å². The van der Waals surface area contributed by atoms with Crippen LogP contribution >= 0.6 is 0 Å². The van der Waals surface area contributed by atoms with Crippen molar-refractivity contribution in [2.45, 2.75) is 38.6 Å². The molecule has 0 fully saturated rings. The number of nitrogens with one attached hydrogen (secondary N) is 2. The van der Waals surface area contributed by atoms with Crippen molar-refractivity contribution in [1.82, 2.24) is 15.5 Å². The van der Waals surface area contributed by atoms with Crippen LogP contribution in [0.3, 0.4) is 0 Å². The summed E-state index contributed by atoms with van der Waals surface area (Å²) in [4.78, 5) is 36.6. The molecule has 0 bridgehead atoms. The van der Waals surface area contributed by atoms with E-state index in [0.717, 1.165) is 32.2 Å². The maximum Gasteiger partial charge on any atom is 0.325 e. The maximum atomic E-state index is 12.1. The van der Waals surface area contributed by atoms with Crippen molar-refractivity contribution in [2.75, 3.05) is 34.3 Å². The first kappa shape index (κ1) is 22.6. The molecule has 0 aliphatic rings. The Labute approximate surface area is 161 Å². The van der Waals surface area contributed by atoms with E-state index >= 15 is 0 Å². The molecule has 0 radical (unpaired) electrons. The first-order chi connectivity index (χ1) is 12.9. The molecular formula is C20H31N3O4. The first-order valence-electron chi connectivity index (χ1n) is 9.27. The van der Waals surface area contributed by atoms with Gasteiger partial charge in [-0.2, -0.15) is 0 Å². The predicted octanol–water partition coefficient (Wildman–Crippen LogP) is 1.72. The Morgan fingerprint density at radius 2 is 1.63 bits per heavy atom. The summed E-state index contributed by atoms with van der Waals surface area (Å²) in [5, 5.41) is 5.43. The van der Waals surface area contributed by atoms with Crippen molar-refractivity contribution < 1.29 is 19.1 Å². The van der Waals surface area contributed by atoms with E-state index in [1.54, 1.807) is 0 Å². The van der Waals surface area contributed by atoms with Crippen LogP contribution in [0.5, 0.6) is 0 Å². The average Bonchev–Trinajstić information content (AvgIpc) is 2.65. The normalized spacial score (nSPS) is 10.5. The minimum absolute atomic E-state index is 0.0615. The molecule has 1 rings (SSSR count). The Hall–Kier alpha value is -2.41. The highest BCUT2D eigenvalue weighted by Gasteiger charge is 2.06. The topological polar surface area (TPSA) is 87.7 Å². The third-order valence-electron chi connectivity index (χ3n) is 3.99. The number of unbranched alkanes of at least 4 members (excludes halogenated alkanes) is 3. The molecule has 27 heavy (non-hydrogen) atoms. The molecule has 0 spiro atoms. The average molecular weight is 377 g/mol. The lowest BCUT2D eigenvalue weighted by molar-refractivity contribution is -0.141. The molecule has 0 saturated carbocycles. The van der Waals surface area contributed by atoms with Crippen LogP contribution in [0.15, 0.2) is 24.3 Å². The molecule has 2 amide bonds. The number of methoxy groups -OCH3 is 1. The van der Waals surface area contributed by atoms with E-state index in [1.807, 2.05) is 38.4 Å². The monoisotopic (exact) mass is 377 g/mol. The van der Waals surface area contributed by atoms with E-state index in [1.165, 1.54) is 12.7 Å². The standard InChI is InChI=1S/C20H31N3O4/c1-23(2)15-16-9-11-17(12-10-16)20(26)21-13-7-5-4-6-8-18(24)22-14-19(25)27-3/h9-12H,4-8,13-15H2,1-3H3,(H,21,26)(H,22,24). The van der Waals surface area contributed by atoms with Crippen molar-refractivity contribution in [3.8, 4) is 0 Å². The third kappa shape index (κ3) is 10.4. The summed E-state index contributed by atoms with van der Waals surface area (Å²) in [5.74, 6) is -0.661. The second-order valence-electron chi connectivity index (χ2n) is 6.71. The van der Waals surface area contributed by atoms with Crippen LogP contribution in [-0.4, -0.2) is 57.0 Å². The molecule has 0 atom stereocenters. The van der Waals surface area contributed by atoms with Gasteiger partial charge in [0.25, 0.3) is 5.91 Å². The number of nitrogens with zero attached hydrogens (tertiary/aromatic N) is 1. The van der Waals surface area contributed by atoms with Crippen LogP contribution < -0.4 is 10.6 Å². The van der Waals surface area contributed by atoms with Crippen molar-refractivity contribution in [2.24, 2.45) is 0 Å². The molecule has 1 aromatic carbocycles. The molecule has 0 aliphatic carbocycles. The van der Waals surface area contributed by atoms with Crippen LogP contribution in [0.2, 0.25) is 0 Å². The Balaban J connectivity index is 2.10. The molecule has 0 unspecified atom stereocenters. The number of amides is 2. The number of carbonyl (C=O) groups is 3. The number of esters is 1. The maximum absolute atomic E-state index is 12.1. The fraction of sp³-hybridized carbons (Fsp3) is 0.550. The zero-order chi connectivity index (χ0) is 20.1. The summed E-state index contributed by atoms with van der Waals surface area (Å²) in [7, 11) is 5.30. The van der Waals surface area contributed by atoms with Gasteiger partial charge in [-0.25, -0.2) is 0 Å². The summed E-state index contributed by atoms with van der Waals surface area (Å²) in [5.41, 5.74) is 1.84. The molecule has 2 N–H and O–H groups in total. The van der Waals surface area contributed by atoms with E-state index in [-0.39, 0.29) is 18.4 Å². The van der Waals surface area contributed by atoms with Crippen molar-refractivity contribution in [1.29, 1.82) is 0 Å². The summed E-state index contributed by atoms with van der Waals surface area (Å²) < 4.78 is 4.45. The van der Waals surface area contributed by atoms with Gasteiger partial charge in [0.15, 0.2) is 0 Å². The number of carbonyl (C=O) groups excluding carboxylic acids is 3. The van der Waals surface area contributed by atoms with E-state index in [0.29, 0.717) is 18.5 Å². The molecule has 1 aromatic rings. The van der Waals surface area contributed by atoms with Crippen LogP contribution in [0.1, 0.15) is 48.0 Å². The number of hydrogen-bond donors (Lipinski definition) is 2. The van der Waals surface area contributed by atoms with Gasteiger partial charge in [-0.05, 0) is 44.6 Å². The number of benzene rings is 1. The van der Waals surface area contributed by atoms with Gasteiger partial charge in [-0.15, -0.1) is 0 Å². The van der Waals surface area contributed by atoms with Gasteiger partial charge in [-0.1, -0.05) is 25.0 Å². The second-order valence-corrected chi connectivity index (χ2v) is 6.71. The van der Waals surface area contributed by atoms with Crippen LogP contribution in [0, 0.1) is 0 Å². The van der Waals surface area contributed by atoms with Gasteiger partial charge in [0, 0.05) is 25.1 Å². The lowest BCUT2D eigenvalue weighted by Gasteiger charge is -2.10. The molecule has 7 nitrogen and oxygen atoms in total. The molecule has 150 valence electrons. The number of rotatable bonds is 12. The molecule has 0 saturated heterocycles. The molecule has 0 aromatic heterocycles. The van der Waals surface area contributed by atoms with Crippen molar-refractivity contribution in [3.63, 3.8) is 0 Å². The molecule has 0 heterocycles. The third-order valence-corrected chi connectivity index (χ3v) is 3.99. The zero-order valence-electron chi connectivity index (χ0n) is 16.5. The largest absolute Gasteiger partial charge is 0.468 e. The minimum Gasteiger partial charge on any atom is -0.468 e. The Bertz CT molecular complexity index is 600. The highest BCUT2D eigenvalue weighted by atomic mass is 16.5.